The van der Waals surface area contributed by atoms with Crippen LogP contribution in [0.3, 0.4) is 0 Å². The second-order valence-corrected chi connectivity index (χ2v) is 9.09. The average molecular weight is 437 g/mol. The molecule has 1 aromatic carbocycles. The van der Waals surface area contributed by atoms with Crippen molar-refractivity contribution in [3.63, 3.8) is 0 Å². The molecular formula is C24H32N6O2. The number of fused-ring (bicyclic) bond motifs is 1. The van der Waals surface area contributed by atoms with Crippen LogP contribution in [0.2, 0.25) is 0 Å². The van der Waals surface area contributed by atoms with Crippen molar-refractivity contribution >= 4 is 17.1 Å². The lowest BCUT2D eigenvalue weighted by molar-refractivity contribution is 0.406. The molecule has 8 nitrogen and oxygen atoms in total. The molecule has 2 aliphatic rings. The molecule has 32 heavy (non-hydrogen) atoms. The second kappa shape index (κ2) is 9.32. The highest BCUT2D eigenvalue weighted by atomic mass is 16.5. The van der Waals surface area contributed by atoms with Crippen molar-refractivity contribution in [1.82, 2.24) is 24.8 Å². The van der Waals surface area contributed by atoms with Gasteiger partial charge in [-0.1, -0.05) is 31.4 Å². The molecule has 2 fully saturated rings. The number of benzene rings is 1. The van der Waals surface area contributed by atoms with Crippen LogP contribution in [-0.2, 0) is 6.54 Å². The van der Waals surface area contributed by atoms with Crippen molar-refractivity contribution in [2.75, 3.05) is 32.1 Å². The Morgan fingerprint density at radius 1 is 1.22 bits per heavy atom. The van der Waals surface area contributed by atoms with E-state index in [1.165, 1.54) is 37.7 Å². The molecule has 1 saturated carbocycles. The zero-order chi connectivity index (χ0) is 21.9. The van der Waals surface area contributed by atoms with Crippen molar-refractivity contribution in [2.24, 2.45) is 5.92 Å². The van der Waals surface area contributed by atoms with Gasteiger partial charge in [-0.3, -0.25) is 4.57 Å². The second-order valence-electron chi connectivity index (χ2n) is 9.09. The number of nitrogens with zero attached hydrogens (tertiary/aromatic N) is 3. The van der Waals surface area contributed by atoms with Gasteiger partial charge in [-0.05, 0) is 55.8 Å². The lowest BCUT2D eigenvalue weighted by Crippen LogP contribution is -2.19. The fourth-order valence-electron chi connectivity index (χ4n) is 5.08. The number of aromatic nitrogens is 4. The van der Waals surface area contributed by atoms with Gasteiger partial charge in [0.15, 0.2) is 5.65 Å². The fraction of sp³-hybridized carbons (Fsp3) is 0.542. The molecule has 1 aliphatic heterocycles. The highest BCUT2D eigenvalue weighted by Crippen LogP contribution is 2.35. The van der Waals surface area contributed by atoms with Gasteiger partial charge in [0.1, 0.15) is 11.3 Å². The molecule has 8 heteroatoms. The molecule has 5 rings (SSSR count). The fourth-order valence-corrected chi connectivity index (χ4v) is 5.08. The van der Waals surface area contributed by atoms with E-state index >= 15 is 0 Å². The molecule has 3 aromatic rings. The third-order valence-electron chi connectivity index (χ3n) is 6.93. The molecule has 0 bridgehead atoms. The molecule has 3 N–H and O–H groups in total. The molecular weight excluding hydrogens is 404 g/mol. The SMILES string of the molecule is COc1ccc(C2CCCCC2)cc1Cn1c(=O)[nH]c2cnc(NC[C@@H]3CCNC3)nc21. The van der Waals surface area contributed by atoms with Crippen LogP contribution in [0, 0.1) is 5.92 Å². The number of aromatic amines is 1. The first-order chi connectivity index (χ1) is 15.7. The summed E-state index contributed by atoms with van der Waals surface area (Å²) in [5.74, 6) is 2.53. The van der Waals surface area contributed by atoms with E-state index in [1.54, 1.807) is 17.9 Å². The van der Waals surface area contributed by atoms with Crippen LogP contribution in [0.15, 0.2) is 29.2 Å². The van der Waals surface area contributed by atoms with Gasteiger partial charge in [0, 0.05) is 12.1 Å². The van der Waals surface area contributed by atoms with Gasteiger partial charge < -0.3 is 20.4 Å². The number of H-pyrrole nitrogens is 1. The summed E-state index contributed by atoms with van der Waals surface area (Å²) in [6.45, 7) is 3.31. The van der Waals surface area contributed by atoms with E-state index in [1.807, 2.05) is 6.07 Å². The van der Waals surface area contributed by atoms with E-state index in [2.05, 4.69) is 37.7 Å². The largest absolute Gasteiger partial charge is 0.496 e. The number of nitrogens with one attached hydrogen (secondary N) is 3. The van der Waals surface area contributed by atoms with Crippen LogP contribution in [-0.4, -0.2) is 46.3 Å². The van der Waals surface area contributed by atoms with Crippen molar-refractivity contribution in [2.45, 2.75) is 51.0 Å². The number of hydrogen-bond donors (Lipinski definition) is 3. The lowest BCUT2D eigenvalue weighted by atomic mass is 9.83. The van der Waals surface area contributed by atoms with Crippen LogP contribution in [0.25, 0.3) is 11.2 Å². The summed E-state index contributed by atoms with van der Waals surface area (Å²) in [6, 6.07) is 6.43. The zero-order valence-corrected chi connectivity index (χ0v) is 18.7. The third kappa shape index (κ3) is 4.37. The maximum Gasteiger partial charge on any atom is 0.328 e. The predicted molar refractivity (Wildman–Crippen MR) is 126 cm³/mol. The minimum atomic E-state index is -0.184. The minimum Gasteiger partial charge on any atom is -0.496 e. The summed E-state index contributed by atoms with van der Waals surface area (Å²) in [4.78, 5) is 24.7. The minimum absolute atomic E-state index is 0.184. The Morgan fingerprint density at radius 2 is 2.09 bits per heavy atom. The van der Waals surface area contributed by atoms with E-state index in [-0.39, 0.29) is 5.69 Å². The Bertz CT molecular complexity index is 1130. The number of ether oxygens (including phenoxy) is 1. The number of rotatable bonds is 7. The highest BCUT2D eigenvalue weighted by Gasteiger charge is 2.19. The molecule has 0 radical (unpaired) electrons. The average Bonchev–Trinajstić information content (AvgIpc) is 3.46. The number of anilines is 1. The molecule has 1 atom stereocenters. The first-order valence-corrected chi connectivity index (χ1v) is 11.8. The van der Waals surface area contributed by atoms with E-state index in [0.29, 0.717) is 35.5 Å². The Balaban J connectivity index is 1.43. The summed E-state index contributed by atoms with van der Waals surface area (Å²) in [6.07, 6.45) is 9.22. The predicted octanol–water partition coefficient (Wildman–Crippen LogP) is 3.25. The number of methoxy groups -OCH3 is 1. The molecule has 2 aromatic heterocycles. The van der Waals surface area contributed by atoms with Crippen molar-refractivity contribution in [1.29, 1.82) is 0 Å². The number of imidazole rings is 1. The number of hydrogen-bond acceptors (Lipinski definition) is 6. The quantitative estimate of drug-likeness (QED) is 0.526. The van der Waals surface area contributed by atoms with Gasteiger partial charge in [0.25, 0.3) is 0 Å². The van der Waals surface area contributed by atoms with Gasteiger partial charge in [0.2, 0.25) is 5.95 Å². The van der Waals surface area contributed by atoms with Gasteiger partial charge in [-0.2, -0.15) is 4.98 Å². The van der Waals surface area contributed by atoms with E-state index < -0.39 is 0 Å². The normalized spacial score (nSPS) is 19.5. The summed E-state index contributed by atoms with van der Waals surface area (Å²) < 4.78 is 7.31. The smallest absolute Gasteiger partial charge is 0.328 e. The Kier molecular flexibility index (Phi) is 6.12. The highest BCUT2D eigenvalue weighted by molar-refractivity contribution is 5.71. The Morgan fingerprint density at radius 3 is 2.88 bits per heavy atom. The molecule has 0 spiro atoms. The third-order valence-corrected chi connectivity index (χ3v) is 6.93. The molecule has 1 aliphatic carbocycles. The zero-order valence-electron chi connectivity index (χ0n) is 18.7. The standard InChI is InChI=1S/C24H32N6O2/c1-32-21-8-7-18(17-5-3-2-4-6-17)11-19(21)15-30-22-20(28-24(30)31)14-27-23(29-22)26-13-16-9-10-25-12-16/h7-8,11,14,16-17,25H,2-6,9-10,12-13,15H2,1H3,(H,28,31)(H,26,27,29)/t16-/m1/s1. The van der Waals surface area contributed by atoms with E-state index in [9.17, 15) is 4.79 Å². The van der Waals surface area contributed by atoms with Crippen LogP contribution in [0.4, 0.5) is 5.95 Å². The molecule has 0 amide bonds. The lowest BCUT2D eigenvalue weighted by Gasteiger charge is -2.23. The van der Waals surface area contributed by atoms with Gasteiger partial charge >= 0.3 is 5.69 Å². The summed E-state index contributed by atoms with van der Waals surface area (Å²) in [5.41, 5.74) is 3.42. The summed E-state index contributed by atoms with van der Waals surface area (Å²) in [5, 5.41) is 6.71. The molecule has 0 unspecified atom stereocenters. The van der Waals surface area contributed by atoms with E-state index in [0.717, 1.165) is 37.4 Å². The summed E-state index contributed by atoms with van der Waals surface area (Å²) >= 11 is 0. The maximum atomic E-state index is 12.8. The van der Waals surface area contributed by atoms with Crippen molar-refractivity contribution in [3.05, 3.63) is 46.0 Å². The first kappa shape index (κ1) is 21.0. The van der Waals surface area contributed by atoms with Gasteiger partial charge in [0.05, 0.1) is 19.9 Å². The van der Waals surface area contributed by atoms with Crippen LogP contribution >= 0.6 is 0 Å². The Labute approximate surface area is 187 Å². The monoisotopic (exact) mass is 436 g/mol. The van der Waals surface area contributed by atoms with Gasteiger partial charge in [-0.15, -0.1) is 0 Å². The van der Waals surface area contributed by atoms with Gasteiger partial charge in [-0.25, -0.2) is 9.78 Å². The molecule has 3 heterocycles. The van der Waals surface area contributed by atoms with Crippen LogP contribution in [0.1, 0.15) is 55.6 Å². The Hall–Kier alpha value is -2.87. The maximum absolute atomic E-state index is 12.8. The molecule has 170 valence electrons. The topological polar surface area (TPSA) is 96.9 Å². The van der Waals surface area contributed by atoms with Crippen LogP contribution in [0.5, 0.6) is 5.75 Å². The molecule has 1 saturated heterocycles. The van der Waals surface area contributed by atoms with E-state index in [4.69, 9.17) is 4.74 Å². The van der Waals surface area contributed by atoms with Crippen LogP contribution < -0.4 is 21.1 Å². The van der Waals surface area contributed by atoms with Crippen molar-refractivity contribution < 1.29 is 4.74 Å². The first-order valence-electron chi connectivity index (χ1n) is 11.8. The van der Waals surface area contributed by atoms with Crippen molar-refractivity contribution in [3.8, 4) is 5.75 Å². The summed E-state index contributed by atoms with van der Waals surface area (Å²) in [7, 11) is 1.68.